The van der Waals surface area contributed by atoms with E-state index in [4.69, 9.17) is 4.98 Å². The second-order valence-electron chi connectivity index (χ2n) is 5.22. The van der Waals surface area contributed by atoms with E-state index < -0.39 is 0 Å². The molecule has 106 valence electrons. The maximum absolute atomic E-state index is 4.84. The van der Waals surface area contributed by atoms with Crippen LogP contribution in [-0.2, 0) is 0 Å². The molecule has 0 aliphatic heterocycles. The van der Waals surface area contributed by atoms with Crippen molar-refractivity contribution in [1.29, 1.82) is 0 Å². The SMILES string of the molecule is Pc1ccc(-n2c(-c3ccccc3)nc3ccccc32)cc1. The highest BCUT2D eigenvalue weighted by Gasteiger charge is 2.13. The largest absolute Gasteiger partial charge is 0.292 e. The third-order valence-corrected chi connectivity index (χ3v) is 4.13. The van der Waals surface area contributed by atoms with E-state index in [1.807, 2.05) is 24.3 Å². The lowest BCUT2D eigenvalue weighted by Gasteiger charge is -2.09. The van der Waals surface area contributed by atoms with Gasteiger partial charge in [-0.1, -0.05) is 54.6 Å². The summed E-state index contributed by atoms with van der Waals surface area (Å²) < 4.78 is 2.22. The van der Waals surface area contributed by atoms with Crippen LogP contribution in [0.4, 0.5) is 0 Å². The molecule has 0 spiro atoms. The van der Waals surface area contributed by atoms with Crippen LogP contribution < -0.4 is 5.30 Å². The highest BCUT2D eigenvalue weighted by atomic mass is 31.0. The van der Waals surface area contributed by atoms with Crippen LogP contribution in [0.3, 0.4) is 0 Å². The lowest BCUT2D eigenvalue weighted by atomic mass is 10.2. The Hall–Kier alpha value is -2.44. The highest BCUT2D eigenvalue weighted by Crippen LogP contribution is 2.28. The summed E-state index contributed by atoms with van der Waals surface area (Å²) in [6.07, 6.45) is 0. The molecule has 2 nitrogen and oxygen atoms in total. The number of nitrogens with zero attached hydrogens (tertiary/aromatic N) is 2. The zero-order valence-corrected chi connectivity index (χ0v) is 13.1. The molecule has 0 fully saturated rings. The van der Waals surface area contributed by atoms with Crippen molar-refractivity contribution in [3.63, 3.8) is 0 Å². The number of rotatable bonds is 2. The van der Waals surface area contributed by atoms with E-state index in [0.717, 1.165) is 28.1 Å². The number of hydrogen-bond donors (Lipinski definition) is 0. The molecule has 4 rings (SSSR count). The smallest absolute Gasteiger partial charge is 0.145 e. The summed E-state index contributed by atoms with van der Waals surface area (Å²) in [5, 5.41) is 1.18. The van der Waals surface area contributed by atoms with E-state index >= 15 is 0 Å². The van der Waals surface area contributed by atoms with Crippen LogP contribution >= 0.6 is 9.24 Å². The Morgan fingerprint density at radius 3 is 2.18 bits per heavy atom. The summed E-state index contributed by atoms with van der Waals surface area (Å²) in [5.41, 5.74) is 4.38. The van der Waals surface area contributed by atoms with Crippen molar-refractivity contribution in [3.05, 3.63) is 78.9 Å². The first-order chi connectivity index (χ1) is 10.8. The van der Waals surface area contributed by atoms with E-state index in [1.54, 1.807) is 0 Å². The first kappa shape index (κ1) is 13.2. The number of benzene rings is 3. The van der Waals surface area contributed by atoms with Crippen molar-refractivity contribution in [1.82, 2.24) is 9.55 Å². The summed E-state index contributed by atoms with van der Waals surface area (Å²) in [7, 11) is 2.72. The van der Waals surface area contributed by atoms with Crippen molar-refractivity contribution in [3.8, 4) is 17.1 Å². The summed E-state index contributed by atoms with van der Waals surface area (Å²) in [6.45, 7) is 0. The average molecular weight is 302 g/mol. The molecule has 22 heavy (non-hydrogen) atoms. The monoisotopic (exact) mass is 302 g/mol. The van der Waals surface area contributed by atoms with Crippen LogP contribution in [0.15, 0.2) is 78.9 Å². The number of hydrogen-bond acceptors (Lipinski definition) is 1. The van der Waals surface area contributed by atoms with E-state index in [-0.39, 0.29) is 0 Å². The predicted octanol–water partition coefficient (Wildman–Crippen LogP) is 4.19. The van der Waals surface area contributed by atoms with Crippen LogP contribution in [0.25, 0.3) is 28.1 Å². The summed E-state index contributed by atoms with van der Waals surface area (Å²) in [6, 6.07) is 27.0. The van der Waals surface area contributed by atoms with Crippen molar-refractivity contribution in [2.45, 2.75) is 0 Å². The van der Waals surface area contributed by atoms with Gasteiger partial charge in [0.15, 0.2) is 0 Å². The van der Waals surface area contributed by atoms with Gasteiger partial charge in [0.1, 0.15) is 5.82 Å². The molecule has 0 aliphatic carbocycles. The first-order valence-electron chi connectivity index (χ1n) is 7.22. The van der Waals surface area contributed by atoms with E-state index in [2.05, 4.69) is 68.4 Å². The fourth-order valence-electron chi connectivity index (χ4n) is 2.69. The maximum Gasteiger partial charge on any atom is 0.145 e. The van der Waals surface area contributed by atoms with Gasteiger partial charge in [-0.15, -0.1) is 9.24 Å². The summed E-state index contributed by atoms with van der Waals surface area (Å²) in [5.74, 6) is 0.971. The third kappa shape index (κ3) is 2.22. The molecule has 4 aromatic rings. The molecule has 0 saturated carbocycles. The van der Waals surface area contributed by atoms with Crippen LogP contribution in [0, 0.1) is 0 Å². The second kappa shape index (κ2) is 5.40. The first-order valence-corrected chi connectivity index (χ1v) is 7.79. The normalized spacial score (nSPS) is 11.0. The van der Waals surface area contributed by atoms with Gasteiger partial charge in [-0.05, 0) is 29.6 Å². The van der Waals surface area contributed by atoms with Crippen LogP contribution in [0.1, 0.15) is 0 Å². The molecule has 0 radical (unpaired) electrons. The Kier molecular flexibility index (Phi) is 3.25. The van der Waals surface area contributed by atoms with Gasteiger partial charge in [0, 0.05) is 11.3 Å². The van der Waals surface area contributed by atoms with Gasteiger partial charge in [-0.3, -0.25) is 4.57 Å². The molecule has 0 bridgehead atoms. The zero-order chi connectivity index (χ0) is 14.9. The Balaban J connectivity index is 2.04. The maximum atomic E-state index is 4.84. The Morgan fingerprint density at radius 1 is 0.727 bits per heavy atom. The fraction of sp³-hybridized carbons (Fsp3) is 0. The standard InChI is InChI=1S/C19H15N2P/c22-16-12-10-15(11-13-16)21-18-9-5-4-8-17(18)20-19(21)14-6-2-1-3-7-14/h1-13H,22H2. The number of fused-ring (bicyclic) bond motifs is 1. The predicted molar refractivity (Wildman–Crippen MR) is 95.9 cm³/mol. The van der Waals surface area contributed by atoms with Crippen molar-refractivity contribution in [2.24, 2.45) is 0 Å². The van der Waals surface area contributed by atoms with Gasteiger partial charge in [0.05, 0.1) is 11.0 Å². The molecule has 0 saturated heterocycles. The van der Waals surface area contributed by atoms with Crippen LogP contribution in [0.2, 0.25) is 0 Å². The average Bonchev–Trinajstić information content (AvgIpc) is 2.96. The minimum atomic E-state index is 0.971. The lowest BCUT2D eigenvalue weighted by molar-refractivity contribution is 1.10. The Labute approximate surface area is 131 Å². The number of para-hydroxylation sites is 2. The van der Waals surface area contributed by atoms with Gasteiger partial charge < -0.3 is 0 Å². The van der Waals surface area contributed by atoms with Gasteiger partial charge in [0.25, 0.3) is 0 Å². The Bertz CT molecular complexity index is 925. The molecular formula is C19H15N2P. The third-order valence-electron chi connectivity index (χ3n) is 3.74. The highest BCUT2D eigenvalue weighted by molar-refractivity contribution is 7.27. The second-order valence-corrected chi connectivity index (χ2v) is 5.88. The topological polar surface area (TPSA) is 17.8 Å². The fourth-order valence-corrected chi connectivity index (χ4v) is 2.88. The van der Waals surface area contributed by atoms with Gasteiger partial charge in [-0.25, -0.2) is 4.98 Å². The van der Waals surface area contributed by atoms with Gasteiger partial charge in [0.2, 0.25) is 0 Å². The van der Waals surface area contributed by atoms with E-state index in [9.17, 15) is 0 Å². The molecule has 0 amide bonds. The quantitative estimate of drug-likeness (QED) is 0.508. The lowest BCUT2D eigenvalue weighted by Crippen LogP contribution is -1.99. The zero-order valence-electron chi connectivity index (χ0n) is 12.0. The molecule has 0 N–H and O–H groups in total. The van der Waals surface area contributed by atoms with Crippen molar-refractivity contribution >= 4 is 25.6 Å². The molecule has 3 aromatic carbocycles. The van der Waals surface area contributed by atoms with Gasteiger partial charge in [-0.2, -0.15) is 0 Å². The number of aromatic nitrogens is 2. The molecule has 0 aliphatic rings. The molecule has 1 unspecified atom stereocenters. The summed E-state index contributed by atoms with van der Waals surface area (Å²) >= 11 is 0. The molecule has 1 aromatic heterocycles. The molecule has 1 heterocycles. The van der Waals surface area contributed by atoms with Gasteiger partial charge >= 0.3 is 0 Å². The van der Waals surface area contributed by atoms with E-state index in [0.29, 0.717) is 0 Å². The van der Waals surface area contributed by atoms with Crippen LogP contribution in [0.5, 0.6) is 0 Å². The van der Waals surface area contributed by atoms with Crippen LogP contribution in [-0.4, -0.2) is 9.55 Å². The van der Waals surface area contributed by atoms with Crippen molar-refractivity contribution in [2.75, 3.05) is 0 Å². The molecule has 3 heteroatoms. The minimum absolute atomic E-state index is 0.971. The molecule has 1 atom stereocenters. The minimum Gasteiger partial charge on any atom is -0.292 e. The van der Waals surface area contributed by atoms with Crippen molar-refractivity contribution < 1.29 is 0 Å². The Morgan fingerprint density at radius 2 is 1.41 bits per heavy atom. The number of imidazole rings is 1. The summed E-state index contributed by atoms with van der Waals surface area (Å²) in [4.78, 5) is 4.84. The van der Waals surface area contributed by atoms with E-state index in [1.165, 1.54) is 5.30 Å². The molecular weight excluding hydrogens is 287 g/mol.